The average Bonchev–Trinajstić information content (AvgIpc) is 3.25. The highest BCUT2D eigenvalue weighted by atomic mass is 31.2. The van der Waals surface area contributed by atoms with E-state index in [2.05, 4.69) is 56.5 Å². The van der Waals surface area contributed by atoms with E-state index in [4.69, 9.17) is 13.8 Å². The van der Waals surface area contributed by atoms with Gasteiger partial charge in [0.2, 0.25) is 5.91 Å². The number of hydrogen-bond donors (Lipinski definition) is 2. The van der Waals surface area contributed by atoms with E-state index in [1.54, 1.807) is 0 Å². The van der Waals surface area contributed by atoms with Gasteiger partial charge in [0.15, 0.2) is 0 Å². The quantitative estimate of drug-likeness (QED) is 0.0206. The molecular weight excluding hydrogens is 820 g/mol. The normalized spacial score (nSPS) is 14.3. The van der Waals surface area contributed by atoms with Crippen molar-refractivity contribution in [2.45, 2.75) is 245 Å². The summed E-state index contributed by atoms with van der Waals surface area (Å²) < 4.78 is 30.4. The third-order valence-corrected chi connectivity index (χ3v) is 12.5. The molecule has 0 aliphatic carbocycles. The van der Waals surface area contributed by atoms with Crippen molar-refractivity contribution in [2.75, 3.05) is 40.9 Å². The topological polar surface area (TPSA) is 111 Å². The summed E-state index contributed by atoms with van der Waals surface area (Å²) in [6.45, 7) is 6.93. The van der Waals surface area contributed by atoms with Crippen molar-refractivity contribution >= 4 is 19.7 Å². The minimum absolute atomic E-state index is 0.0299. The number of ether oxygens (including phenoxy) is 1. The second kappa shape index (κ2) is 44.8. The average molecular weight is 922 g/mol. The van der Waals surface area contributed by atoms with Crippen LogP contribution in [0, 0.1) is 0 Å². The lowest BCUT2D eigenvalue weighted by Gasteiger charge is -2.27. The van der Waals surface area contributed by atoms with E-state index in [1.165, 1.54) is 128 Å². The van der Waals surface area contributed by atoms with Gasteiger partial charge in [0.1, 0.15) is 19.3 Å². The monoisotopic (exact) mass is 922 g/mol. The van der Waals surface area contributed by atoms with Gasteiger partial charge in [-0.25, -0.2) is 4.57 Å². The summed E-state index contributed by atoms with van der Waals surface area (Å²) in [5.74, 6) is -0.602. The molecule has 0 radical (unpaired) electrons. The van der Waals surface area contributed by atoms with Crippen molar-refractivity contribution < 1.29 is 37.3 Å². The Hall–Kier alpha value is -2.03. The van der Waals surface area contributed by atoms with Gasteiger partial charge in [-0.3, -0.25) is 18.6 Å². The standard InChI is InChI=1S/C54H101N2O7P/c1-7-10-13-16-19-22-25-27-29-31-34-37-40-43-46-53(57)55-51(50-62-64(59,60)61-49-48-56(4,5)6)52(45-42-39-36-33-30-24-21-18-15-12-9-3)63-54(58)47-44-41-38-35-32-28-26-23-20-17-14-11-8-2/h28-29,31-32,38,41-42,45,51-52H,7-27,30,33-37,39-40,43-44,46-50H2,1-6H3,(H-,55,57,59,60)/p+1/b31-29-,32-28-,41-38+,45-42+. The molecule has 3 atom stereocenters. The first-order valence-electron chi connectivity index (χ1n) is 26.5. The van der Waals surface area contributed by atoms with Crippen molar-refractivity contribution in [1.29, 1.82) is 0 Å². The fourth-order valence-corrected chi connectivity index (χ4v) is 8.07. The molecule has 64 heavy (non-hydrogen) atoms. The zero-order chi connectivity index (χ0) is 47.3. The number of amides is 1. The molecule has 1 amide bonds. The van der Waals surface area contributed by atoms with Gasteiger partial charge in [0.05, 0.1) is 33.8 Å². The van der Waals surface area contributed by atoms with Crippen LogP contribution in [-0.2, 0) is 27.9 Å². The van der Waals surface area contributed by atoms with Crippen LogP contribution in [0.2, 0.25) is 0 Å². The molecule has 0 saturated carbocycles. The van der Waals surface area contributed by atoms with Crippen molar-refractivity contribution in [3.8, 4) is 0 Å². The molecule has 0 heterocycles. The number of esters is 1. The molecule has 0 aliphatic heterocycles. The Morgan fingerprint density at radius 1 is 0.547 bits per heavy atom. The summed E-state index contributed by atoms with van der Waals surface area (Å²) in [6, 6.07) is -0.875. The van der Waals surface area contributed by atoms with Crippen molar-refractivity contribution in [1.82, 2.24) is 5.32 Å². The van der Waals surface area contributed by atoms with Gasteiger partial charge < -0.3 is 19.4 Å². The fraction of sp³-hybridized carbons (Fsp3) is 0.815. The molecule has 0 saturated heterocycles. The molecule has 0 spiro atoms. The van der Waals surface area contributed by atoms with E-state index in [-0.39, 0.29) is 25.5 Å². The van der Waals surface area contributed by atoms with Crippen LogP contribution in [-0.4, -0.2) is 74.3 Å². The molecule has 0 aromatic carbocycles. The van der Waals surface area contributed by atoms with E-state index in [1.807, 2.05) is 39.4 Å². The van der Waals surface area contributed by atoms with Crippen LogP contribution in [0.3, 0.4) is 0 Å². The number of nitrogens with one attached hydrogen (secondary N) is 1. The summed E-state index contributed by atoms with van der Waals surface area (Å²) in [4.78, 5) is 37.3. The Morgan fingerprint density at radius 3 is 1.45 bits per heavy atom. The zero-order valence-corrected chi connectivity index (χ0v) is 43.4. The Labute approximate surface area is 395 Å². The van der Waals surface area contributed by atoms with E-state index in [0.717, 1.165) is 64.2 Å². The summed E-state index contributed by atoms with van der Waals surface area (Å²) >= 11 is 0. The molecule has 374 valence electrons. The second-order valence-electron chi connectivity index (χ2n) is 19.0. The molecule has 0 aromatic rings. The largest absolute Gasteiger partial charge is 0.472 e. The van der Waals surface area contributed by atoms with Gasteiger partial charge in [-0.1, -0.05) is 192 Å². The van der Waals surface area contributed by atoms with Gasteiger partial charge in [-0.15, -0.1) is 0 Å². The number of rotatable bonds is 47. The minimum atomic E-state index is -4.45. The van der Waals surface area contributed by atoms with E-state index < -0.39 is 25.9 Å². The van der Waals surface area contributed by atoms with Crippen LogP contribution in [0.25, 0.3) is 0 Å². The number of phosphoric acid groups is 1. The van der Waals surface area contributed by atoms with E-state index >= 15 is 0 Å². The Kier molecular flexibility index (Phi) is 43.4. The predicted octanol–water partition coefficient (Wildman–Crippen LogP) is 15.4. The number of carbonyl (C=O) groups excluding carboxylic acids is 2. The number of nitrogens with zero attached hydrogens (tertiary/aromatic N) is 1. The molecule has 0 aromatic heterocycles. The first-order valence-corrected chi connectivity index (χ1v) is 28.0. The van der Waals surface area contributed by atoms with Crippen molar-refractivity contribution in [2.24, 2.45) is 0 Å². The number of allylic oxidation sites excluding steroid dienone is 7. The molecule has 3 unspecified atom stereocenters. The molecule has 0 rings (SSSR count). The molecule has 0 fully saturated rings. The van der Waals surface area contributed by atoms with Crippen LogP contribution in [0.15, 0.2) is 48.6 Å². The van der Waals surface area contributed by atoms with Gasteiger partial charge in [0, 0.05) is 12.8 Å². The van der Waals surface area contributed by atoms with Crippen LogP contribution < -0.4 is 5.32 Å². The third kappa shape index (κ3) is 45.1. The summed E-state index contributed by atoms with van der Waals surface area (Å²) in [5.41, 5.74) is 0. The molecule has 2 N–H and O–H groups in total. The maximum Gasteiger partial charge on any atom is 0.472 e. The van der Waals surface area contributed by atoms with Gasteiger partial charge in [-0.05, 0) is 76.7 Å². The lowest BCUT2D eigenvalue weighted by molar-refractivity contribution is -0.870. The highest BCUT2D eigenvalue weighted by Crippen LogP contribution is 2.43. The fourth-order valence-electron chi connectivity index (χ4n) is 7.34. The Morgan fingerprint density at radius 2 is 0.969 bits per heavy atom. The smallest absolute Gasteiger partial charge is 0.456 e. The van der Waals surface area contributed by atoms with E-state index in [9.17, 15) is 19.0 Å². The molecule has 0 bridgehead atoms. The molecular formula is C54H102N2O7P+. The Bertz CT molecular complexity index is 1240. The first-order chi connectivity index (χ1) is 30.9. The highest BCUT2D eigenvalue weighted by Gasteiger charge is 2.30. The van der Waals surface area contributed by atoms with Crippen LogP contribution >= 0.6 is 7.82 Å². The summed E-state index contributed by atoms with van der Waals surface area (Å²) in [5, 5.41) is 3.01. The maximum atomic E-state index is 13.4. The summed E-state index contributed by atoms with van der Waals surface area (Å²) in [6.07, 6.45) is 52.6. The number of unbranched alkanes of at least 4 members (excludes halogenated alkanes) is 25. The van der Waals surface area contributed by atoms with Crippen molar-refractivity contribution in [3.63, 3.8) is 0 Å². The SMILES string of the molecule is CCCCCCCC/C=C\C/C=C/CCC(=O)OC(/C=C/CCCCCCCCCCC)C(COP(=O)(O)OCC[N+](C)(C)C)NC(=O)CCCCC/C=C\CCCCCCCCC. The van der Waals surface area contributed by atoms with Crippen LogP contribution in [0.1, 0.15) is 233 Å². The number of carbonyl (C=O) groups is 2. The minimum Gasteiger partial charge on any atom is -0.456 e. The summed E-state index contributed by atoms with van der Waals surface area (Å²) in [7, 11) is 1.46. The van der Waals surface area contributed by atoms with Crippen molar-refractivity contribution in [3.05, 3.63) is 48.6 Å². The lowest BCUT2D eigenvalue weighted by Crippen LogP contribution is -2.47. The van der Waals surface area contributed by atoms with Gasteiger partial charge in [0.25, 0.3) is 0 Å². The van der Waals surface area contributed by atoms with E-state index in [0.29, 0.717) is 23.9 Å². The molecule has 10 heteroatoms. The van der Waals surface area contributed by atoms with Gasteiger partial charge >= 0.3 is 13.8 Å². The predicted molar refractivity (Wildman–Crippen MR) is 272 cm³/mol. The third-order valence-electron chi connectivity index (χ3n) is 11.5. The zero-order valence-electron chi connectivity index (χ0n) is 42.5. The number of hydrogen-bond acceptors (Lipinski definition) is 6. The maximum absolute atomic E-state index is 13.4. The second-order valence-corrected chi connectivity index (χ2v) is 20.5. The Balaban J connectivity index is 5.50. The van der Waals surface area contributed by atoms with Crippen LogP contribution in [0.5, 0.6) is 0 Å². The molecule has 0 aliphatic rings. The first kappa shape index (κ1) is 62.0. The molecule has 9 nitrogen and oxygen atoms in total. The number of quaternary nitrogens is 1. The van der Waals surface area contributed by atoms with Gasteiger partial charge in [-0.2, -0.15) is 0 Å². The lowest BCUT2D eigenvalue weighted by atomic mass is 10.1. The number of likely N-dealkylation sites (N-methyl/N-ethyl adjacent to an activating group) is 1. The van der Waals surface area contributed by atoms with Crippen LogP contribution in [0.4, 0.5) is 0 Å². The highest BCUT2D eigenvalue weighted by molar-refractivity contribution is 7.47. The number of phosphoric ester groups is 1.